The van der Waals surface area contributed by atoms with Gasteiger partial charge in [0.1, 0.15) is 11.6 Å². The van der Waals surface area contributed by atoms with Crippen molar-refractivity contribution in [3.05, 3.63) is 34.8 Å². The summed E-state index contributed by atoms with van der Waals surface area (Å²) in [6, 6.07) is 2.83. The molecule has 1 saturated heterocycles. The number of alkyl halides is 3. The molecule has 2 heterocycles. The summed E-state index contributed by atoms with van der Waals surface area (Å²) in [4.78, 5) is 14.6. The Balaban J connectivity index is 1.76. The van der Waals surface area contributed by atoms with E-state index in [1.165, 1.54) is 4.90 Å². The van der Waals surface area contributed by atoms with Gasteiger partial charge in [0.05, 0.1) is 12.2 Å². The Morgan fingerprint density at radius 2 is 1.88 bits per heavy atom. The van der Waals surface area contributed by atoms with Crippen molar-refractivity contribution in [2.24, 2.45) is 0 Å². The minimum Gasteiger partial charge on any atom is -0.336 e. The van der Waals surface area contributed by atoms with Crippen molar-refractivity contribution in [1.82, 2.24) is 10.2 Å². The Kier molecular flexibility index (Phi) is 4.11. The first-order chi connectivity index (χ1) is 11.3. The van der Waals surface area contributed by atoms with Crippen molar-refractivity contribution < 1.29 is 26.7 Å². The van der Waals surface area contributed by atoms with E-state index in [-0.39, 0.29) is 30.5 Å². The van der Waals surface area contributed by atoms with Crippen LogP contribution in [-0.4, -0.2) is 35.7 Å². The molecule has 24 heavy (non-hydrogen) atoms. The van der Waals surface area contributed by atoms with Crippen LogP contribution in [0.2, 0.25) is 0 Å². The van der Waals surface area contributed by atoms with Gasteiger partial charge in [-0.25, -0.2) is 8.78 Å². The maximum atomic E-state index is 13.8. The van der Waals surface area contributed by atoms with E-state index in [0.717, 1.165) is 17.0 Å². The van der Waals surface area contributed by atoms with E-state index in [2.05, 4.69) is 10.2 Å². The lowest BCUT2D eigenvalue weighted by Gasteiger charge is -2.34. The molecule has 3 rings (SSSR count). The van der Waals surface area contributed by atoms with Crippen LogP contribution in [0.1, 0.15) is 5.01 Å². The summed E-state index contributed by atoms with van der Waals surface area (Å²) in [7, 11) is 0. The third-order valence-corrected chi connectivity index (χ3v) is 4.38. The molecule has 0 N–H and O–H groups in total. The molecular weight excluding hydrogens is 355 g/mol. The number of hydrogen-bond acceptors (Lipinski definition) is 5. The second-order valence-electron chi connectivity index (χ2n) is 4.95. The van der Waals surface area contributed by atoms with Gasteiger partial charge in [-0.05, 0) is 12.1 Å². The van der Waals surface area contributed by atoms with Gasteiger partial charge in [0.25, 0.3) is 0 Å². The second-order valence-corrected chi connectivity index (χ2v) is 5.91. The number of benzene rings is 1. The molecule has 1 aromatic carbocycles. The largest absolute Gasteiger partial charge is 0.445 e. The third kappa shape index (κ3) is 3.16. The molecule has 5 nitrogen and oxygen atoms in total. The highest BCUT2D eigenvalue weighted by atomic mass is 32.1. The lowest BCUT2D eigenvalue weighted by molar-refractivity contribution is -0.138. The number of hydrogen-bond donors (Lipinski definition) is 0. The van der Waals surface area contributed by atoms with Crippen molar-refractivity contribution >= 4 is 28.1 Å². The maximum absolute atomic E-state index is 13.8. The summed E-state index contributed by atoms with van der Waals surface area (Å²) < 4.78 is 64.3. The average molecular weight is 364 g/mol. The van der Waals surface area contributed by atoms with Crippen molar-refractivity contribution in [1.29, 1.82) is 0 Å². The first-order valence-corrected chi connectivity index (χ1v) is 7.48. The molecule has 0 saturated carbocycles. The Morgan fingerprint density at radius 1 is 1.12 bits per heavy atom. The zero-order chi connectivity index (χ0) is 17.5. The van der Waals surface area contributed by atoms with Crippen LogP contribution < -0.4 is 9.80 Å². The Bertz CT molecular complexity index is 778. The van der Waals surface area contributed by atoms with Gasteiger partial charge in [0, 0.05) is 19.2 Å². The molecule has 0 atom stereocenters. The zero-order valence-electron chi connectivity index (χ0n) is 11.8. The fraction of sp³-hybridized carbons (Fsp3) is 0.308. The predicted molar refractivity (Wildman–Crippen MR) is 75.8 cm³/mol. The van der Waals surface area contributed by atoms with Crippen molar-refractivity contribution in [2.45, 2.75) is 6.18 Å². The molecule has 11 heteroatoms. The van der Waals surface area contributed by atoms with Crippen molar-refractivity contribution in [2.75, 3.05) is 29.4 Å². The molecule has 0 unspecified atom stereocenters. The second kappa shape index (κ2) is 5.96. The fourth-order valence-corrected chi connectivity index (χ4v) is 2.99. The Labute approximate surface area is 136 Å². The van der Waals surface area contributed by atoms with E-state index in [1.807, 2.05) is 0 Å². The van der Waals surface area contributed by atoms with Crippen molar-refractivity contribution in [3.8, 4) is 0 Å². The number of halogens is 5. The van der Waals surface area contributed by atoms with Gasteiger partial charge >= 0.3 is 6.18 Å². The normalized spacial score (nSPS) is 16.0. The van der Waals surface area contributed by atoms with Gasteiger partial charge in [-0.3, -0.25) is 4.79 Å². The van der Waals surface area contributed by atoms with E-state index < -0.39 is 28.7 Å². The number of carbonyl (C=O) groups is 1. The van der Waals surface area contributed by atoms with E-state index in [9.17, 15) is 26.7 Å². The van der Waals surface area contributed by atoms with Gasteiger partial charge in [0.2, 0.25) is 16.0 Å². The molecule has 1 aromatic heterocycles. The monoisotopic (exact) mass is 364 g/mol. The Morgan fingerprint density at radius 3 is 2.46 bits per heavy atom. The van der Waals surface area contributed by atoms with Crippen LogP contribution in [0.15, 0.2) is 18.2 Å². The number of piperazine rings is 1. The van der Waals surface area contributed by atoms with Crippen LogP contribution in [-0.2, 0) is 11.0 Å². The van der Waals surface area contributed by atoms with E-state index in [0.29, 0.717) is 17.4 Å². The highest BCUT2D eigenvalue weighted by molar-refractivity contribution is 7.15. The van der Waals surface area contributed by atoms with Crippen LogP contribution in [0.4, 0.5) is 32.8 Å². The first kappa shape index (κ1) is 16.6. The number of aromatic nitrogens is 2. The zero-order valence-corrected chi connectivity index (χ0v) is 12.7. The SMILES string of the molecule is O=C1CN(c2nnc(C(F)(F)F)s2)CCN1c1ccc(F)cc1F. The number of amides is 1. The number of rotatable bonds is 2. The highest BCUT2D eigenvalue weighted by Crippen LogP contribution is 2.35. The molecular formula is C13H9F5N4OS. The minimum atomic E-state index is -4.60. The summed E-state index contributed by atoms with van der Waals surface area (Å²) in [6.07, 6.45) is -4.60. The average Bonchev–Trinajstić information content (AvgIpc) is 2.98. The molecule has 1 amide bonds. The molecule has 1 aliphatic rings. The first-order valence-electron chi connectivity index (χ1n) is 6.67. The standard InChI is InChI=1S/C13H9F5N4OS/c14-7-1-2-9(8(15)5-7)22-4-3-21(6-10(22)23)12-20-19-11(24-12)13(16,17)18/h1-2,5H,3-4,6H2. The molecule has 0 aliphatic carbocycles. The quantitative estimate of drug-likeness (QED) is 0.769. The van der Waals surface area contributed by atoms with Crippen LogP contribution in [0.25, 0.3) is 0 Å². The predicted octanol–water partition coefficient (Wildman–Crippen LogP) is 2.69. The number of nitrogens with zero attached hydrogens (tertiary/aromatic N) is 4. The van der Waals surface area contributed by atoms with E-state index in [1.54, 1.807) is 0 Å². The van der Waals surface area contributed by atoms with Gasteiger partial charge in [0.15, 0.2) is 0 Å². The smallest absolute Gasteiger partial charge is 0.336 e. The molecule has 0 radical (unpaired) electrons. The topological polar surface area (TPSA) is 49.3 Å². The molecule has 0 spiro atoms. The molecule has 0 bridgehead atoms. The molecule has 1 fully saturated rings. The molecule has 1 aliphatic heterocycles. The highest BCUT2D eigenvalue weighted by Gasteiger charge is 2.37. The third-order valence-electron chi connectivity index (χ3n) is 3.35. The maximum Gasteiger partial charge on any atom is 0.445 e. The van der Waals surface area contributed by atoms with Gasteiger partial charge in [-0.2, -0.15) is 13.2 Å². The summed E-state index contributed by atoms with van der Waals surface area (Å²) in [6.45, 7) is -0.0966. The summed E-state index contributed by atoms with van der Waals surface area (Å²) in [5, 5.41) is 5.38. The summed E-state index contributed by atoms with van der Waals surface area (Å²) in [5.74, 6) is -2.18. The van der Waals surface area contributed by atoms with Crippen LogP contribution in [0.3, 0.4) is 0 Å². The van der Waals surface area contributed by atoms with Gasteiger partial charge in [-0.15, -0.1) is 10.2 Å². The number of anilines is 2. The molecule has 2 aromatic rings. The number of carbonyl (C=O) groups excluding carboxylic acids is 1. The lowest BCUT2D eigenvalue weighted by Crippen LogP contribution is -2.51. The summed E-state index contributed by atoms with van der Waals surface area (Å²) in [5.41, 5.74) is -0.0747. The fourth-order valence-electron chi connectivity index (χ4n) is 2.25. The lowest BCUT2D eigenvalue weighted by atomic mass is 10.2. The Hall–Kier alpha value is -2.30. The minimum absolute atomic E-state index is 0.0301. The van der Waals surface area contributed by atoms with Crippen LogP contribution in [0.5, 0.6) is 0 Å². The van der Waals surface area contributed by atoms with Gasteiger partial charge in [-0.1, -0.05) is 11.3 Å². The van der Waals surface area contributed by atoms with E-state index >= 15 is 0 Å². The van der Waals surface area contributed by atoms with E-state index in [4.69, 9.17) is 0 Å². The molecule has 128 valence electrons. The van der Waals surface area contributed by atoms with Crippen LogP contribution in [0, 0.1) is 11.6 Å². The summed E-state index contributed by atoms with van der Waals surface area (Å²) >= 11 is 0.335. The van der Waals surface area contributed by atoms with Crippen LogP contribution >= 0.6 is 11.3 Å². The van der Waals surface area contributed by atoms with Gasteiger partial charge < -0.3 is 9.80 Å². The van der Waals surface area contributed by atoms with Crippen molar-refractivity contribution in [3.63, 3.8) is 0 Å².